The predicted octanol–water partition coefficient (Wildman–Crippen LogP) is 4.64. The maximum Gasteiger partial charge on any atom is 0.387 e. The third-order valence-electron chi connectivity index (χ3n) is 6.06. The predicted molar refractivity (Wildman–Crippen MR) is 135 cm³/mol. The first-order valence-corrected chi connectivity index (χ1v) is 12.5. The molecule has 4 rings (SSSR count). The van der Waals surface area contributed by atoms with Crippen molar-refractivity contribution in [2.75, 3.05) is 13.2 Å². The van der Waals surface area contributed by atoms with Crippen LogP contribution in [0.15, 0.2) is 40.8 Å². The van der Waals surface area contributed by atoms with Gasteiger partial charge in [-0.05, 0) is 49.9 Å². The molecule has 0 spiro atoms. The van der Waals surface area contributed by atoms with Gasteiger partial charge in [-0.1, -0.05) is 6.07 Å². The minimum absolute atomic E-state index is 0.00119. The van der Waals surface area contributed by atoms with Crippen LogP contribution < -0.4 is 25.8 Å². The molecule has 0 bridgehead atoms. The van der Waals surface area contributed by atoms with Crippen LogP contribution in [0.5, 0.6) is 11.5 Å². The van der Waals surface area contributed by atoms with Crippen molar-refractivity contribution in [1.29, 1.82) is 0 Å². The lowest BCUT2D eigenvalue weighted by Gasteiger charge is -2.20. The Morgan fingerprint density at radius 2 is 1.90 bits per heavy atom. The Hall–Kier alpha value is -4.13. The Labute approximate surface area is 227 Å². The van der Waals surface area contributed by atoms with E-state index in [0.717, 1.165) is 25.0 Å². The molecule has 0 radical (unpaired) electrons. The molecule has 0 saturated heterocycles. The number of carbonyl (C=O) groups excluding carboxylic acids is 2. The highest BCUT2D eigenvalue weighted by Gasteiger charge is 2.28. The lowest BCUT2D eigenvalue weighted by Crippen LogP contribution is -2.38. The van der Waals surface area contributed by atoms with E-state index in [9.17, 15) is 27.2 Å². The number of amides is 2. The molecule has 1 aromatic heterocycles. The summed E-state index contributed by atoms with van der Waals surface area (Å²) >= 11 is 0. The minimum Gasteiger partial charge on any atom is -0.489 e. The molecule has 1 aliphatic carbocycles. The Morgan fingerprint density at radius 3 is 2.52 bits per heavy atom. The number of oxazole rings is 1. The van der Waals surface area contributed by atoms with Gasteiger partial charge in [0.15, 0.2) is 23.0 Å². The Balaban J connectivity index is 1.64. The molecule has 2 amide bonds. The van der Waals surface area contributed by atoms with E-state index < -0.39 is 42.1 Å². The topological polar surface area (TPSA) is 129 Å². The van der Waals surface area contributed by atoms with Gasteiger partial charge in [-0.15, -0.1) is 0 Å². The molecule has 4 N–H and O–H groups in total. The normalized spacial score (nSPS) is 14.5. The third kappa shape index (κ3) is 7.29. The van der Waals surface area contributed by atoms with Crippen LogP contribution in [0, 0.1) is 17.6 Å². The Bertz CT molecular complexity index is 1380. The number of hydrogen-bond donors (Lipinski definition) is 3. The van der Waals surface area contributed by atoms with Gasteiger partial charge in [0.05, 0.1) is 18.7 Å². The summed E-state index contributed by atoms with van der Waals surface area (Å²) in [5, 5.41) is 5.08. The zero-order chi connectivity index (χ0) is 29.0. The monoisotopic (exact) mass is 564 g/mol. The van der Waals surface area contributed by atoms with Crippen LogP contribution in [0.3, 0.4) is 0 Å². The maximum atomic E-state index is 14.5. The summed E-state index contributed by atoms with van der Waals surface area (Å²) in [5.41, 5.74) is 6.04. The first kappa shape index (κ1) is 28.9. The number of benzene rings is 2. The molecular formula is C27H28F4N4O5. The largest absolute Gasteiger partial charge is 0.489 e. The van der Waals surface area contributed by atoms with Gasteiger partial charge in [0.25, 0.3) is 5.91 Å². The molecule has 1 saturated carbocycles. The van der Waals surface area contributed by atoms with Gasteiger partial charge in [0.2, 0.25) is 11.8 Å². The molecule has 1 heterocycles. The molecule has 3 aromatic rings. The average molecular weight is 565 g/mol. The third-order valence-corrected chi connectivity index (χ3v) is 6.06. The summed E-state index contributed by atoms with van der Waals surface area (Å²) < 4.78 is 69.9. The fourth-order valence-corrected chi connectivity index (χ4v) is 3.86. The van der Waals surface area contributed by atoms with E-state index in [1.165, 1.54) is 25.1 Å². The van der Waals surface area contributed by atoms with Crippen LogP contribution in [0.1, 0.15) is 60.6 Å². The van der Waals surface area contributed by atoms with Gasteiger partial charge in [-0.3, -0.25) is 9.59 Å². The fourth-order valence-electron chi connectivity index (χ4n) is 3.86. The molecular weight excluding hydrogens is 536 g/mol. The molecule has 13 heteroatoms. The number of carbonyl (C=O) groups is 2. The fraction of sp³-hybridized carbons (Fsp3) is 0.370. The van der Waals surface area contributed by atoms with Crippen molar-refractivity contribution in [3.63, 3.8) is 0 Å². The van der Waals surface area contributed by atoms with Crippen molar-refractivity contribution < 1.29 is 41.0 Å². The van der Waals surface area contributed by atoms with Crippen molar-refractivity contribution in [2.45, 2.75) is 45.4 Å². The number of aromatic nitrogens is 1. The quantitative estimate of drug-likeness (QED) is 0.274. The number of nitrogens with one attached hydrogen (secondary N) is 2. The van der Waals surface area contributed by atoms with Crippen LogP contribution in [-0.2, 0) is 4.79 Å². The first-order valence-electron chi connectivity index (χ1n) is 12.5. The zero-order valence-corrected chi connectivity index (χ0v) is 21.7. The Morgan fingerprint density at radius 1 is 1.15 bits per heavy atom. The molecule has 9 nitrogen and oxygen atoms in total. The summed E-state index contributed by atoms with van der Waals surface area (Å²) in [6, 6.07) is 5.05. The van der Waals surface area contributed by atoms with E-state index in [0.29, 0.717) is 24.2 Å². The zero-order valence-electron chi connectivity index (χ0n) is 21.7. The smallest absolute Gasteiger partial charge is 0.387 e. The van der Waals surface area contributed by atoms with Crippen molar-refractivity contribution in [1.82, 2.24) is 15.6 Å². The van der Waals surface area contributed by atoms with E-state index in [4.69, 9.17) is 14.9 Å². The van der Waals surface area contributed by atoms with Crippen LogP contribution in [0.2, 0.25) is 0 Å². The maximum absolute atomic E-state index is 14.5. The molecule has 1 fully saturated rings. The second-order valence-corrected chi connectivity index (χ2v) is 9.44. The second kappa shape index (κ2) is 12.4. The van der Waals surface area contributed by atoms with Crippen molar-refractivity contribution >= 4 is 11.8 Å². The van der Waals surface area contributed by atoms with Gasteiger partial charge in [0.1, 0.15) is 11.6 Å². The number of rotatable bonds is 12. The number of nitrogens with zero attached hydrogens (tertiary/aromatic N) is 1. The van der Waals surface area contributed by atoms with E-state index in [1.807, 2.05) is 0 Å². The second-order valence-electron chi connectivity index (χ2n) is 9.44. The molecule has 214 valence electrons. The summed E-state index contributed by atoms with van der Waals surface area (Å²) in [4.78, 5) is 29.1. The van der Waals surface area contributed by atoms with Gasteiger partial charge in [-0.2, -0.15) is 8.78 Å². The van der Waals surface area contributed by atoms with Gasteiger partial charge >= 0.3 is 6.61 Å². The molecule has 40 heavy (non-hydrogen) atoms. The summed E-state index contributed by atoms with van der Waals surface area (Å²) in [6.45, 7) is -0.136. The summed E-state index contributed by atoms with van der Waals surface area (Å²) in [5.74, 6) is -2.80. The lowest BCUT2D eigenvalue weighted by atomic mass is 10.1. The molecule has 1 unspecified atom stereocenters. The molecule has 1 aliphatic rings. The highest BCUT2D eigenvalue weighted by Crippen LogP contribution is 2.37. The van der Waals surface area contributed by atoms with Gasteiger partial charge in [-0.25, -0.2) is 13.8 Å². The van der Waals surface area contributed by atoms with Crippen molar-refractivity contribution in [3.8, 4) is 23.0 Å². The van der Waals surface area contributed by atoms with Crippen LogP contribution >= 0.6 is 0 Å². The van der Waals surface area contributed by atoms with E-state index in [1.54, 1.807) is 6.92 Å². The lowest BCUT2D eigenvalue weighted by molar-refractivity contribution is -0.119. The average Bonchev–Trinajstić information content (AvgIpc) is 3.60. The van der Waals surface area contributed by atoms with Crippen molar-refractivity contribution in [3.05, 3.63) is 65.1 Å². The highest BCUT2D eigenvalue weighted by molar-refractivity contribution is 5.94. The van der Waals surface area contributed by atoms with Crippen molar-refractivity contribution in [2.24, 2.45) is 11.7 Å². The van der Waals surface area contributed by atoms with Crippen LogP contribution in [0.25, 0.3) is 11.5 Å². The number of nitrogens with two attached hydrogens (primary N) is 1. The van der Waals surface area contributed by atoms with Crippen LogP contribution in [-0.4, -0.2) is 36.6 Å². The standard InChI is InChI=1S/C27H28F4N4O5/c1-13(32)24-23(25(37)34-20(11-33-14(2)36)18-7-6-17(28)10-19(18)29)35-26(40-24)16-5-8-21(39-27(30)31)22(9-16)38-12-15-3-4-15/h5-10,13,15,20,27H,3-4,11-12,32H2,1-2H3,(H,33,36)(H,34,37)/t13-,20?/m0/s1. The van der Waals surface area contributed by atoms with E-state index in [-0.39, 0.29) is 41.0 Å². The summed E-state index contributed by atoms with van der Waals surface area (Å²) in [6.07, 6.45) is 1.96. The number of alkyl halides is 2. The van der Waals surface area contributed by atoms with Crippen LogP contribution in [0.4, 0.5) is 17.6 Å². The Kier molecular flexibility index (Phi) is 8.93. The number of halogens is 4. The molecule has 2 aromatic carbocycles. The first-order chi connectivity index (χ1) is 19.0. The molecule has 0 aliphatic heterocycles. The van der Waals surface area contributed by atoms with Gasteiger partial charge < -0.3 is 30.3 Å². The molecule has 2 atom stereocenters. The highest BCUT2D eigenvalue weighted by atomic mass is 19.3. The summed E-state index contributed by atoms with van der Waals surface area (Å²) in [7, 11) is 0. The van der Waals surface area contributed by atoms with E-state index >= 15 is 0 Å². The number of ether oxygens (including phenoxy) is 2. The SMILES string of the molecule is CC(=O)NCC(NC(=O)c1nc(-c2ccc(OC(F)F)c(OCC3CC3)c2)oc1[C@H](C)N)c1ccc(F)cc1F. The number of hydrogen-bond acceptors (Lipinski definition) is 7. The minimum atomic E-state index is -3.06. The van der Waals surface area contributed by atoms with Gasteiger partial charge in [0, 0.05) is 30.7 Å². The van der Waals surface area contributed by atoms with E-state index in [2.05, 4.69) is 20.4 Å².